The van der Waals surface area contributed by atoms with E-state index in [0.29, 0.717) is 10.2 Å². The lowest BCUT2D eigenvalue weighted by molar-refractivity contribution is -0.119. The number of nitrogen functional groups attached to an aromatic ring is 1. The van der Waals surface area contributed by atoms with E-state index in [1.165, 1.54) is 19.4 Å². The van der Waals surface area contributed by atoms with Gasteiger partial charge in [0.05, 0.1) is 22.0 Å². The van der Waals surface area contributed by atoms with Crippen LogP contribution in [0.5, 0.6) is 0 Å². The molecule has 1 rings (SSSR count). The van der Waals surface area contributed by atoms with E-state index in [4.69, 9.17) is 5.73 Å². The molecule has 0 aliphatic rings. The van der Waals surface area contributed by atoms with Crippen LogP contribution in [0.1, 0.15) is 0 Å². The second-order valence-corrected chi connectivity index (χ2v) is 3.88. The molecule has 0 aromatic carbocycles. The van der Waals surface area contributed by atoms with Crippen LogP contribution in [0.2, 0.25) is 0 Å². The van der Waals surface area contributed by atoms with Gasteiger partial charge < -0.3 is 10.6 Å². The molecular weight excluding hydrogens is 275 g/mol. The molecule has 0 radical (unpaired) electrons. The van der Waals surface area contributed by atoms with Crippen LogP contribution in [-0.4, -0.2) is 24.8 Å². The number of nitrogens with zero attached hydrogens (tertiary/aromatic N) is 2. The largest absolute Gasteiger partial charge is 0.405 e. The topological polar surface area (TPSA) is 42.1 Å². The lowest BCUT2D eigenvalue weighted by Gasteiger charge is -2.23. The number of pyridine rings is 1. The van der Waals surface area contributed by atoms with Crippen LogP contribution in [-0.2, 0) is 0 Å². The van der Waals surface area contributed by atoms with Crippen molar-refractivity contribution in [3.63, 3.8) is 0 Å². The summed E-state index contributed by atoms with van der Waals surface area (Å²) in [6.07, 6.45) is -1.55. The first-order chi connectivity index (χ1) is 6.81. The van der Waals surface area contributed by atoms with Gasteiger partial charge in [-0.3, -0.25) is 4.98 Å². The van der Waals surface area contributed by atoms with E-state index in [2.05, 4.69) is 20.9 Å². The monoisotopic (exact) mass is 283 g/mol. The number of halogens is 4. The number of nitrogens with two attached hydrogens (primary N) is 1. The maximum absolute atomic E-state index is 12.1. The van der Waals surface area contributed by atoms with Crippen molar-refractivity contribution in [3.05, 3.63) is 16.9 Å². The molecule has 15 heavy (non-hydrogen) atoms. The average molecular weight is 284 g/mol. The van der Waals surface area contributed by atoms with Gasteiger partial charge in [0.15, 0.2) is 0 Å². The van der Waals surface area contributed by atoms with Crippen LogP contribution < -0.4 is 10.6 Å². The van der Waals surface area contributed by atoms with Crippen LogP contribution in [0.25, 0.3) is 0 Å². The van der Waals surface area contributed by atoms with E-state index in [1.54, 1.807) is 0 Å². The fourth-order valence-corrected chi connectivity index (χ4v) is 1.84. The Morgan fingerprint density at radius 2 is 2.07 bits per heavy atom. The fourth-order valence-electron chi connectivity index (χ4n) is 1.19. The molecule has 0 saturated carbocycles. The van der Waals surface area contributed by atoms with Crippen LogP contribution in [0.4, 0.5) is 24.5 Å². The molecule has 1 aromatic rings. The van der Waals surface area contributed by atoms with Crippen molar-refractivity contribution < 1.29 is 13.2 Å². The molecule has 0 spiro atoms. The Morgan fingerprint density at radius 1 is 1.47 bits per heavy atom. The van der Waals surface area contributed by atoms with Crippen molar-refractivity contribution in [1.29, 1.82) is 0 Å². The van der Waals surface area contributed by atoms with Gasteiger partial charge >= 0.3 is 6.18 Å². The normalized spacial score (nSPS) is 11.5. The minimum Gasteiger partial charge on any atom is -0.396 e. The molecule has 0 aliphatic carbocycles. The van der Waals surface area contributed by atoms with E-state index >= 15 is 0 Å². The van der Waals surface area contributed by atoms with Gasteiger partial charge in [-0.2, -0.15) is 13.2 Å². The summed E-state index contributed by atoms with van der Waals surface area (Å²) in [5, 5.41) is 0. The van der Waals surface area contributed by atoms with Crippen molar-refractivity contribution in [2.24, 2.45) is 0 Å². The molecule has 1 heterocycles. The van der Waals surface area contributed by atoms with Gasteiger partial charge in [0, 0.05) is 13.2 Å². The minimum atomic E-state index is -4.26. The zero-order chi connectivity index (χ0) is 11.6. The van der Waals surface area contributed by atoms with Gasteiger partial charge in [-0.05, 0) is 15.9 Å². The Hall–Kier alpha value is -0.980. The SMILES string of the molecule is CN(CC(F)(F)F)c1c(N)cncc1Br. The molecule has 0 atom stereocenters. The molecule has 0 amide bonds. The van der Waals surface area contributed by atoms with Crippen LogP contribution >= 0.6 is 15.9 Å². The Kier molecular flexibility index (Phi) is 3.43. The molecule has 0 bridgehead atoms. The van der Waals surface area contributed by atoms with Crippen molar-refractivity contribution in [2.75, 3.05) is 24.2 Å². The van der Waals surface area contributed by atoms with Crippen molar-refractivity contribution >= 4 is 27.3 Å². The van der Waals surface area contributed by atoms with Crippen molar-refractivity contribution in [3.8, 4) is 0 Å². The average Bonchev–Trinajstić information content (AvgIpc) is 1.99. The van der Waals surface area contributed by atoms with Crippen molar-refractivity contribution in [1.82, 2.24) is 4.98 Å². The number of aromatic nitrogens is 1. The van der Waals surface area contributed by atoms with Gasteiger partial charge in [-0.25, -0.2) is 0 Å². The summed E-state index contributed by atoms with van der Waals surface area (Å²) >= 11 is 3.10. The number of alkyl halides is 3. The number of hydrogen-bond acceptors (Lipinski definition) is 3. The first kappa shape index (κ1) is 12.1. The summed E-state index contributed by atoms with van der Waals surface area (Å²) in [6, 6.07) is 0. The maximum Gasteiger partial charge on any atom is 0.405 e. The highest BCUT2D eigenvalue weighted by Crippen LogP contribution is 2.32. The van der Waals surface area contributed by atoms with E-state index in [9.17, 15) is 13.2 Å². The van der Waals surface area contributed by atoms with Crippen molar-refractivity contribution in [2.45, 2.75) is 6.18 Å². The molecule has 0 fully saturated rings. The van der Waals surface area contributed by atoms with Gasteiger partial charge in [-0.1, -0.05) is 0 Å². The third kappa shape index (κ3) is 3.26. The molecule has 2 N–H and O–H groups in total. The molecule has 3 nitrogen and oxygen atoms in total. The van der Waals surface area contributed by atoms with Crippen LogP contribution in [0.15, 0.2) is 16.9 Å². The van der Waals surface area contributed by atoms with Crippen LogP contribution in [0.3, 0.4) is 0 Å². The fraction of sp³-hybridized carbons (Fsp3) is 0.375. The summed E-state index contributed by atoms with van der Waals surface area (Å²) in [5.41, 5.74) is 6.04. The Balaban J connectivity index is 2.96. The van der Waals surface area contributed by atoms with E-state index in [1.807, 2.05) is 0 Å². The summed E-state index contributed by atoms with van der Waals surface area (Å²) in [6.45, 7) is -1.06. The van der Waals surface area contributed by atoms with Crippen LogP contribution in [0, 0.1) is 0 Å². The summed E-state index contributed by atoms with van der Waals surface area (Å²) in [5.74, 6) is 0. The lowest BCUT2D eigenvalue weighted by atomic mass is 10.3. The number of rotatable bonds is 2. The standard InChI is InChI=1S/C8H9BrF3N3/c1-15(4-8(10,11)12)7-5(9)2-14-3-6(7)13/h2-3H,4,13H2,1H3. The van der Waals surface area contributed by atoms with E-state index < -0.39 is 12.7 Å². The number of anilines is 2. The summed E-state index contributed by atoms with van der Waals surface area (Å²) in [7, 11) is 1.32. The Bertz CT molecular complexity index is 333. The lowest BCUT2D eigenvalue weighted by Crippen LogP contribution is -2.31. The highest BCUT2D eigenvalue weighted by atomic mass is 79.9. The van der Waals surface area contributed by atoms with Gasteiger partial charge in [-0.15, -0.1) is 0 Å². The molecule has 84 valence electrons. The molecule has 0 saturated heterocycles. The first-order valence-corrected chi connectivity index (χ1v) is 4.77. The van der Waals surface area contributed by atoms with Gasteiger partial charge in [0.1, 0.15) is 6.54 Å². The molecule has 0 unspecified atom stereocenters. The van der Waals surface area contributed by atoms with Gasteiger partial charge in [0.2, 0.25) is 0 Å². The third-order valence-electron chi connectivity index (χ3n) is 1.70. The minimum absolute atomic E-state index is 0.205. The van der Waals surface area contributed by atoms with E-state index in [-0.39, 0.29) is 5.69 Å². The highest BCUT2D eigenvalue weighted by molar-refractivity contribution is 9.10. The second-order valence-electron chi connectivity index (χ2n) is 3.03. The summed E-state index contributed by atoms with van der Waals surface area (Å²) < 4.78 is 36.9. The predicted molar refractivity (Wildman–Crippen MR) is 55.7 cm³/mol. The molecular formula is C8H9BrF3N3. The zero-order valence-electron chi connectivity index (χ0n) is 7.85. The third-order valence-corrected chi connectivity index (χ3v) is 2.28. The smallest absolute Gasteiger partial charge is 0.396 e. The first-order valence-electron chi connectivity index (χ1n) is 3.98. The molecule has 1 aromatic heterocycles. The number of hydrogen-bond donors (Lipinski definition) is 1. The second kappa shape index (κ2) is 4.26. The zero-order valence-corrected chi connectivity index (χ0v) is 9.43. The molecule has 7 heteroatoms. The quantitative estimate of drug-likeness (QED) is 0.907. The highest BCUT2D eigenvalue weighted by Gasteiger charge is 2.30. The molecule has 0 aliphatic heterocycles. The van der Waals surface area contributed by atoms with E-state index in [0.717, 1.165) is 4.90 Å². The predicted octanol–water partition coefficient (Wildman–Crippen LogP) is 2.42. The Labute approximate surface area is 93.2 Å². The Morgan fingerprint density at radius 3 is 2.53 bits per heavy atom. The van der Waals surface area contributed by atoms with Gasteiger partial charge in [0.25, 0.3) is 0 Å². The summed E-state index contributed by atoms with van der Waals surface area (Å²) in [4.78, 5) is 4.77. The maximum atomic E-state index is 12.1.